The Kier molecular flexibility index (Phi) is 4.37. The van der Waals surface area contributed by atoms with Gasteiger partial charge in [0, 0.05) is 23.2 Å². The molecule has 2 rings (SSSR count). The Hall–Kier alpha value is -1.82. The fraction of sp³-hybridized carbons (Fsp3) is 0.467. The van der Waals surface area contributed by atoms with Crippen LogP contribution in [0.3, 0.4) is 0 Å². The normalized spacial score (nSPS) is 11.6. The van der Waals surface area contributed by atoms with Crippen molar-refractivity contribution in [2.24, 2.45) is 0 Å². The van der Waals surface area contributed by atoms with Crippen LogP contribution in [0.1, 0.15) is 47.8 Å². The Morgan fingerprint density at radius 1 is 1.48 bits per heavy atom. The molecule has 0 radical (unpaired) electrons. The molecule has 2 aromatic rings. The largest absolute Gasteiger partial charge is 0.487 e. The second kappa shape index (κ2) is 5.89. The van der Waals surface area contributed by atoms with E-state index in [1.54, 1.807) is 6.20 Å². The number of hydrogen-bond acceptors (Lipinski definition) is 4. The summed E-state index contributed by atoms with van der Waals surface area (Å²) in [5.74, 6) is -0.517. The lowest BCUT2D eigenvalue weighted by atomic mass is 9.95. The van der Waals surface area contributed by atoms with Crippen LogP contribution in [0.15, 0.2) is 18.5 Å². The summed E-state index contributed by atoms with van der Waals surface area (Å²) in [4.78, 5) is 12.6. The van der Waals surface area contributed by atoms with Crippen molar-refractivity contribution in [3.05, 3.63) is 33.8 Å². The first-order valence-corrected chi connectivity index (χ1v) is 7.64. The van der Waals surface area contributed by atoms with E-state index >= 15 is 0 Å². The molecule has 0 saturated heterocycles. The van der Waals surface area contributed by atoms with E-state index in [1.807, 2.05) is 23.9 Å². The number of nitrogens with zero attached hydrogens (tertiary/aromatic N) is 2. The van der Waals surface area contributed by atoms with E-state index < -0.39 is 5.97 Å². The highest BCUT2D eigenvalue weighted by Crippen LogP contribution is 2.37. The van der Waals surface area contributed by atoms with E-state index in [9.17, 15) is 9.90 Å². The van der Waals surface area contributed by atoms with Gasteiger partial charge in [0.05, 0.1) is 6.20 Å². The lowest BCUT2D eigenvalue weighted by Crippen LogP contribution is -2.08. The second-order valence-corrected chi connectivity index (χ2v) is 6.90. The fourth-order valence-electron chi connectivity index (χ4n) is 1.82. The summed E-state index contributed by atoms with van der Waals surface area (Å²) in [6, 6.07) is 1.83. The summed E-state index contributed by atoms with van der Waals surface area (Å²) < 4.78 is 7.50. The number of aromatic nitrogens is 2. The minimum Gasteiger partial charge on any atom is -0.487 e. The van der Waals surface area contributed by atoms with Gasteiger partial charge < -0.3 is 9.84 Å². The zero-order valence-corrected chi connectivity index (χ0v) is 13.5. The Labute approximate surface area is 128 Å². The molecule has 0 atom stereocenters. The number of rotatable bonds is 5. The van der Waals surface area contributed by atoms with Crippen LogP contribution in [0, 0.1) is 0 Å². The molecule has 0 spiro atoms. The quantitative estimate of drug-likeness (QED) is 0.917. The number of aromatic carboxylic acids is 1. The van der Waals surface area contributed by atoms with Gasteiger partial charge in [-0.1, -0.05) is 20.8 Å². The standard InChI is InChI=1S/C15H20N2O3S/c1-5-17-8-10(7-16-17)9-20-11-6-12(15(2,3)4)21-13(11)14(18)19/h6-8H,5,9H2,1-4H3,(H,18,19). The van der Waals surface area contributed by atoms with Crippen LogP contribution in [0.2, 0.25) is 0 Å². The minimum absolute atomic E-state index is 0.0937. The molecule has 2 heterocycles. The van der Waals surface area contributed by atoms with Gasteiger partial charge in [0.1, 0.15) is 12.4 Å². The first-order valence-electron chi connectivity index (χ1n) is 6.83. The third-order valence-corrected chi connectivity index (χ3v) is 4.57. The average molecular weight is 308 g/mol. The van der Waals surface area contributed by atoms with E-state index in [1.165, 1.54) is 11.3 Å². The van der Waals surface area contributed by atoms with E-state index in [0.29, 0.717) is 12.4 Å². The molecule has 1 N–H and O–H groups in total. The number of aryl methyl sites for hydroxylation is 1. The van der Waals surface area contributed by atoms with Crippen molar-refractivity contribution in [3.8, 4) is 5.75 Å². The van der Waals surface area contributed by atoms with Gasteiger partial charge in [-0.15, -0.1) is 11.3 Å². The molecule has 0 bridgehead atoms. The van der Waals surface area contributed by atoms with E-state index in [0.717, 1.165) is 17.0 Å². The number of carbonyl (C=O) groups is 1. The molecular formula is C15H20N2O3S. The van der Waals surface area contributed by atoms with E-state index in [-0.39, 0.29) is 10.3 Å². The Morgan fingerprint density at radius 3 is 2.71 bits per heavy atom. The van der Waals surface area contributed by atoms with Gasteiger partial charge in [-0.05, 0) is 18.4 Å². The lowest BCUT2D eigenvalue weighted by Gasteiger charge is -2.14. The lowest BCUT2D eigenvalue weighted by molar-refractivity contribution is 0.0697. The molecule has 0 saturated carbocycles. The summed E-state index contributed by atoms with van der Waals surface area (Å²) in [6.45, 7) is 9.29. The van der Waals surface area contributed by atoms with Gasteiger partial charge in [-0.25, -0.2) is 4.79 Å². The summed E-state index contributed by atoms with van der Waals surface area (Å²) >= 11 is 1.27. The predicted molar refractivity (Wildman–Crippen MR) is 82.2 cm³/mol. The maximum Gasteiger partial charge on any atom is 0.349 e. The number of carboxylic acids is 1. The van der Waals surface area contributed by atoms with Crippen LogP contribution < -0.4 is 4.74 Å². The highest BCUT2D eigenvalue weighted by molar-refractivity contribution is 7.14. The van der Waals surface area contributed by atoms with Crippen LogP contribution in [0.5, 0.6) is 5.75 Å². The second-order valence-electron chi connectivity index (χ2n) is 5.85. The molecule has 6 heteroatoms. The van der Waals surface area contributed by atoms with E-state index in [4.69, 9.17) is 4.74 Å². The van der Waals surface area contributed by atoms with Gasteiger partial charge in [0.15, 0.2) is 4.88 Å². The van der Waals surface area contributed by atoms with Gasteiger partial charge in [0.25, 0.3) is 0 Å². The average Bonchev–Trinajstić information content (AvgIpc) is 3.02. The number of ether oxygens (including phenoxy) is 1. The number of thiophene rings is 1. The van der Waals surface area contributed by atoms with Crippen LogP contribution in [0.25, 0.3) is 0 Å². The van der Waals surface area contributed by atoms with Gasteiger partial charge in [-0.2, -0.15) is 5.10 Å². The summed E-state index contributed by atoms with van der Waals surface area (Å²) in [5, 5.41) is 13.5. The topological polar surface area (TPSA) is 64.3 Å². The Balaban J connectivity index is 2.18. The third kappa shape index (κ3) is 3.64. The van der Waals surface area contributed by atoms with E-state index in [2.05, 4.69) is 25.9 Å². The van der Waals surface area contributed by atoms with Crippen LogP contribution >= 0.6 is 11.3 Å². The molecule has 21 heavy (non-hydrogen) atoms. The molecule has 0 amide bonds. The first kappa shape index (κ1) is 15.6. The van der Waals surface area contributed by atoms with Crippen molar-refractivity contribution in [2.75, 3.05) is 0 Å². The molecular weight excluding hydrogens is 288 g/mol. The number of carboxylic acid groups (broad SMARTS) is 1. The molecule has 0 aliphatic heterocycles. The summed E-state index contributed by atoms with van der Waals surface area (Å²) in [5.41, 5.74) is 0.834. The van der Waals surface area contributed by atoms with Crippen molar-refractivity contribution in [1.82, 2.24) is 9.78 Å². The van der Waals surface area contributed by atoms with Crippen molar-refractivity contribution in [3.63, 3.8) is 0 Å². The monoisotopic (exact) mass is 308 g/mol. The maximum absolute atomic E-state index is 11.3. The molecule has 0 aliphatic carbocycles. The molecule has 0 fully saturated rings. The van der Waals surface area contributed by atoms with Gasteiger partial charge in [-0.3, -0.25) is 4.68 Å². The molecule has 2 aromatic heterocycles. The smallest absolute Gasteiger partial charge is 0.349 e. The molecule has 5 nitrogen and oxygen atoms in total. The van der Waals surface area contributed by atoms with Crippen molar-refractivity contribution < 1.29 is 14.6 Å². The zero-order chi connectivity index (χ0) is 15.6. The third-order valence-electron chi connectivity index (χ3n) is 3.04. The molecule has 0 aromatic carbocycles. The molecule has 0 unspecified atom stereocenters. The van der Waals surface area contributed by atoms with Crippen molar-refractivity contribution in [2.45, 2.75) is 46.3 Å². The number of hydrogen-bond donors (Lipinski definition) is 1. The molecule has 114 valence electrons. The maximum atomic E-state index is 11.3. The fourth-order valence-corrected chi connectivity index (χ4v) is 2.81. The first-order chi connectivity index (χ1) is 9.81. The molecule has 0 aliphatic rings. The van der Waals surface area contributed by atoms with Crippen LogP contribution in [-0.4, -0.2) is 20.9 Å². The Bertz CT molecular complexity index is 638. The predicted octanol–water partition coefficient (Wildman–Crippen LogP) is 3.54. The van der Waals surface area contributed by atoms with Crippen molar-refractivity contribution in [1.29, 1.82) is 0 Å². The van der Waals surface area contributed by atoms with Crippen LogP contribution in [0.4, 0.5) is 0 Å². The van der Waals surface area contributed by atoms with Gasteiger partial charge >= 0.3 is 5.97 Å². The summed E-state index contributed by atoms with van der Waals surface area (Å²) in [6.07, 6.45) is 3.64. The van der Waals surface area contributed by atoms with Crippen LogP contribution in [-0.2, 0) is 18.6 Å². The Morgan fingerprint density at radius 2 is 2.19 bits per heavy atom. The van der Waals surface area contributed by atoms with Crippen molar-refractivity contribution >= 4 is 17.3 Å². The van der Waals surface area contributed by atoms with Gasteiger partial charge in [0.2, 0.25) is 0 Å². The minimum atomic E-state index is -0.949. The summed E-state index contributed by atoms with van der Waals surface area (Å²) in [7, 11) is 0. The zero-order valence-electron chi connectivity index (χ0n) is 12.7. The highest BCUT2D eigenvalue weighted by Gasteiger charge is 2.23. The highest BCUT2D eigenvalue weighted by atomic mass is 32.1. The SMILES string of the molecule is CCn1cc(COc2cc(C(C)(C)C)sc2C(=O)O)cn1.